The number of nitrogens with one attached hydrogen (secondary N) is 1. The molecule has 2 aromatic carbocycles. The molecule has 1 heterocycles. The van der Waals surface area contributed by atoms with Gasteiger partial charge in [-0.25, -0.2) is 9.69 Å². The molecule has 7 nitrogen and oxygen atoms in total. The van der Waals surface area contributed by atoms with Crippen LogP contribution in [0.3, 0.4) is 0 Å². The average Bonchev–Trinajstić information content (AvgIpc) is 2.63. The van der Waals surface area contributed by atoms with Crippen LogP contribution < -0.4 is 19.7 Å². The number of urea groups is 1. The van der Waals surface area contributed by atoms with Crippen molar-refractivity contribution in [2.24, 2.45) is 0 Å². The molecule has 1 aliphatic rings. The molecular formula is C21H19BrN2O5. The van der Waals surface area contributed by atoms with Crippen LogP contribution in [0.2, 0.25) is 0 Å². The fourth-order valence-electron chi connectivity index (χ4n) is 3.19. The van der Waals surface area contributed by atoms with Crippen molar-refractivity contribution in [3.63, 3.8) is 0 Å². The predicted octanol–water partition coefficient (Wildman–Crippen LogP) is 3.75. The third-order valence-corrected chi connectivity index (χ3v) is 4.80. The summed E-state index contributed by atoms with van der Waals surface area (Å²) in [5.74, 6) is -0.704. The second-order valence-corrected chi connectivity index (χ2v) is 7.45. The normalized spacial score (nSPS) is 15.6. The third-order valence-electron chi connectivity index (χ3n) is 4.34. The summed E-state index contributed by atoms with van der Waals surface area (Å²) < 4.78 is 11.4. The zero-order valence-corrected chi connectivity index (χ0v) is 17.9. The predicted molar refractivity (Wildman–Crippen MR) is 112 cm³/mol. The molecule has 3 rings (SSSR count). The van der Waals surface area contributed by atoms with E-state index in [1.807, 2.05) is 19.9 Å². The summed E-state index contributed by atoms with van der Waals surface area (Å²) in [6.45, 7) is 3.73. The van der Waals surface area contributed by atoms with Gasteiger partial charge in [0.25, 0.3) is 11.8 Å². The standard InChI is InChI=1S/C21H19BrN2O5/c1-11-5-12(2)7-15(6-11)24-20(26)16(19(25)23-21(24)27)9-13-8-14(22)10-17(28-3)18(13)29-4/h5-10H,1-4H3,(H,23,25,27)/b16-9+. The minimum absolute atomic E-state index is 0.192. The monoisotopic (exact) mass is 458 g/mol. The van der Waals surface area contributed by atoms with Gasteiger partial charge in [0.1, 0.15) is 5.57 Å². The van der Waals surface area contributed by atoms with Crippen molar-refractivity contribution in [1.82, 2.24) is 5.32 Å². The van der Waals surface area contributed by atoms with Gasteiger partial charge in [-0.2, -0.15) is 0 Å². The van der Waals surface area contributed by atoms with Crippen LogP contribution >= 0.6 is 15.9 Å². The lowest BCUT2D eigenvalue weighted by Gasteiger charge is -2.27. The third kappa shape index (κ3) is 4.02. The zero-order chi connectivity index (χ0) is 21.3. The van der Waals surface area contributed by atoms with Crippen LogP contribution in [0.25, 0.3) is 6.08 Å². The van der Waals surface area contributed by atoms with Gasteiger partial charge in [0.2, 0.25) is 0 Å². The van der Waals surface area contributed by atoms with Gasteiger partial charge in [-0.3, -0.25) is 14.9 Å². The van der Waals surface area contributed by atoms with Crippen LogP contribution in [0.15, 0.2) is 40.4 Å². The second kappa shape index (κ2) is 8.08. The van der Waals surface area contributed by atoms with Gasteiger partial charge < -0.3 is 9.47 Å². The number of aryl methyl sites for hydroxylation is 2. The molecule has 1 aliphatic heterocycles. The number of barbiturate groups is 1. The van der Waals surface area contributed by atoms with Crippen molar-refractivity contribution in [3.05, 3.63) is 57.1 Å². The highest BCUT2D eigenvalue weighted by molar-refractivity contribution is 9.10. The molecule has 1 fully saturated rings. The van der Waals surface area contributed by atoms with E-state index < -0.39 is 17.8 Å². The quantitative estimate of drug-likeness (QED) is 0.556. The first-order valence-corrected chi connectivity index (χ1v) is 9.45. The van der Waals surface area contributed by atoms with E-state index in [2.05, 4.69) is 21.2 Å². The summed E-state index contributed by atoms with van der Waals surface area (Å²) >= 11 is 3.37. The Balaban J connectivity index is 2.12. The van der Waals surface area contributed by atoms with Crippen molar-refractivity contribution in [2.45, 2.75) is 13.8 Å². The Morgan fingerprint density at radius 1 is 0.966 bits per heavy atom. The lowest BCUT2D eigenvalue weighted by molar-refractivity contribution is -0.122. The van der Waals surface area contributed by atoms with Crippen LogP contribution in [-0.2, 0) is 9.59 Å². The molecule has 0 atom stereocenters. The first-order chi connectivity index (χ1) is 13.7. The molecule has 0 aliphatic carbocycles. The van der Waals surface area contributed by atoms with E-state index in [9.17, 15) is 14.4 Å². The number of imide groups is 2. The maximum atomic E-state index is 13.1. The summed E-state index contributed by atoms with van der Waals surface area (Å²) in [7, 11) is 2.95. The first-order valence-electron chi connectivity index (χ1n) is 8.66. The topological polar surface area (TPSA) is 84.9 Å². The van der Waals surface area contributed by atoms with Crippen LogP contribution in [0.4, 0.5) is 10.5 Å². The van der Waals surface area contributed by atoms with Gasteiger partial charge in [0.05, 0.1) is 19.9 Å². The van der Waals surface area contributed by atoms with E-state index in [0.717, 1.165) is 16.0 Å². The molecule has 1 N–H and O–H groups in total. The van der Waals surface area contributed by atoms with Gasteiger partial charge in [-0.1, -0.05) is 22.0 Å². The van der Waals surface area contributed by atoms with Crippen molar-refractivity contribution in [1.29, 1.82) is 0 Å². The fraction of sp³-hybridized carbons (Fsp3) is 0.190. The molecule has 29 heavy (non-hydrogen) atoms. The molecule has 0 saturated carbocycles. The highest BCUT2D eigenvalue weighted by Crippen LogP contribution is 2.36. The number of hydrogen-bond donors (Lipinski definition) is 1. The molecule has 0 radical (unpaired) electrons. The highest BCUT2D eigenvalue weighted by atomic mass is 79.9. The molecule has 0 aromatic heterocycles. The van der Waals surface area contributed by atoms with E-state index >= 15 is 0 Å². The van der Waals surface area contributed by atoms with E-state index in [1.54, 1.807) is 24.3 Å². The van der Waals surface area contributed by atoms with E-state index in [0.29, 0.717) is 27.2 Å². The zero-order valence-electron chi connectivity index (χ0n) is 16.3. The van der Waals surface area contributed by atoms with Gasteiger partial charge in [-0.15, -0.1) is 0 Å². The Hall–Kier alpha value is -3.13. The largest absolute Gasteiger partial charge is 0.493 e. The number of amides is 4. The molecule has 0 spiro atoms. The molecule has 1 saturated heterocycles. The number of ether oxygens (including phenoxy) is 2. The first kappa shape index (κ1) is 20.6. The Morgan fingerprint density at radius 3 is 2.21 bits per heavy atom. The van der Waals surface area contributed by atoms with E-state index in [1.165, 1.54) is 20.3 Å². The number of carbonyl (C=O) groups excluding carboxylic acids is 3. The molecule has 4 amide bonds. The summed E-state index contributed by atoms with van der Waals surface area (Å²) in [5.41, 5.74) is 2.43. The van der Waals surface area contributed by atoms with Gasteiger partial charge >= 0.3 is 6.03 Å². The number of benzene rings is 2. The number of nitrogens with zero attached hydrogens (tertiary/aromatic N) is 1. The maximum absolute atomic E-state index is 13.1. The Kier molecular flexibility index (Phi) is 5.74. The minimum Gasteiger partial charge on any atom is -0.493 e. The number of anilines is 1. The fourth-order valence-corrected chi connectivity index (χ4v) is 3.65. The van der Waals surface area contributed by atoms with Crippen molar-refractivity contribution < 1.29 is 23.9 Å². The summed E-state index contributed by atoms with van der Waals surface area (Å²) in [4.78, 5) is 38.9. The van der Waals surface area contributed by atoms with Crippen molar-refractivity contribution >= 4 is 45.5 Å². The Bertz CT molecular complexity index is 1040. The van der Waals surface area contributed by atoms with Crippen LogP contribution in [0, 0.1) is 13.8 Å². The second-order valence-electron chi connectivity index (χ2n) is 6.53. The molecule has 150 valence electrons. The molecule has 2 aromatic rings. The molecule has 0 bridgehead atoms. The lowest BCUT2D eigenvalue weighted by atomic mass is 10.0. The number of hydrogen-bond acceptors (Lipinski definition) is 5. The molecular weight excluding hydrogens is 440 g/mol. The molecule has 0 unspecified atom stereocenters. The smallest absolute Gasteiger partial charge is 0.335 e. The number of halogens is 1. The van der Waals surface area contributed by atoms with E-state index in [-0.39, 0.29) is 5.57 Å². The number of rotatable bonds is 4. The maximum Gasteiger partial charge on any atom is 0.335 e. The lowest BCUT2D eigenvalue weighted by Crippen LogP contribution is -2.54. The van der Waals surface area contributed by atoms with E-state index in [4.69, 9.17) is 9.47 Å². The summed E-state index contributed by atoms with van der Waals surface area (Å²) in [6.07, 6.45) is 1.38. The SMILES string of the molecule is COc1cc(Br)cc(/C=C2\C(=O)NC(=O)N(c3cc(C)cc(C)c3)C2=O)c1OC. The minimum atomic E-state index is -0.791. The van der Waals surface area contributed by atoms with Crippen molar-refractivity contribution in [3.8, 4) is 11.5 Å². The van der Waals surface area contributed by atoms with Gasteiger partial charge in [0, 0.05) is 10.0 Å². The highest BCUT2D eigenvalue weighted by Gasteiger charge is 2.37. The summed E-state index contributed by atoms with van der Waals surface area (Å²) in [6, 6.07) is 7.94. The number of carbonyl (C=O) groups is 3. The van der Waals surface area contributed by atoms with Crippen LogP contribution in [-0.4, -0.2) is 32.1 Å². The van der Waals surface area contributed by atoms with Crippen LogP contribution in [0.1, 0.15) is 16.7 Å². The Labute approximate surface area is 176 Å². The van der Waals surface area contributed by atoms with Gasteiger partial charge in [0.15, 0.2) is 11.5 Å². The Morgan fingerprint density at radius 2 is 1.62 bits per heavy atom. The van der Waals surface area contributed by atoms with Crippen molar-refractivity contribution in [2.75, 3.05) is 19.1 Å². The van der Waals surface area contributed by atoms with Gasteiger partial charge in [-0.05, 0) is 55.3 Å². The summed E-state index contributed by atoms with van der Waals surface area (Å²) in [5, 5.41) is 2.22. The molecule has 8 heteroatoms. The number of methoxy groups -OCH3 is 2. The average molecular weight is 459 g/mol. The van der Waals surface area contributed by atoms with Crippen LogP contribution in [0.5, 0.6) is 11.5 Å².